The Morgan fingerprint density at radius 2 is 2.21 bits per heavy atom. The van der Waals surface area contributed by atoms with Gasteiger partial charge in [0.25, 0.3) is 0 Å². The number of anilines is 1. The molecule has 1 unspecified atom stereocenters. The van der Waals surface area contributed by atoms with Crippen molar-refractivity contribution in [1.82, 2.24) is 0 Å². The summed E-state index contributed by atoms with van der Waals surface area (Å²) in [5, 5.41) is 7.73. The predicted octanol–water partition coefficient (Wildman–Crippen LogP) is 4.28. The number of thiophene rings is 1. The summed E-state index contributed by atoms with van der Waals surface area (Å²) in [5.41, 5.74) is 9.07. The van der Waals surface area contributed by atoms with E-state index in [0.717, 1.165) is 16.1 Å². The van der Waals surface area contributed by atoms with Gasteiger partial charge in [0, 0.05) is 22.2 Å². The molecule has 0 radical (unpaired) electrons. The molecule has 0 aliphatic rings. The van der Waals surface area contributed by atoms with Gasteiger partial charge in [-0.3, -0.25) is 0 Å². The Labute approximate surface area is 127 Å². The third-order valence-electron chi connectivity index (χ3n) is 2.91. The molecule has 2 nitrogen and oxygen atoms in total. The van der Waals surface area contributed by atoms with E-state index < -0.39 is 0 Å². The van der Waals surface area contributed by atoms with Crippen molar-refractivity contribution in [1.29, 1.82) is 0 Å². The summed E-state index contributed by atoms with van der Waals surface area (Å²) in [6.45, 7) is 2.14. The third kappa shape index (κ3) is 3.29. The minimum atomic E-state index is 0.233. The van der Waals surface area contributed by atoms with Crippen LogP contribution in [0.4, 0.5) is 5.69 Å². The van der Waals surface area contributed by atoms with Gasteiger partial charge < -0.3 is 11.1 Å². The normalized spacial score (nSPS) is 12.1. The van der Waals surface area contributed by atoms with Crippen LogP contribution in [0.1, 0.15) is 24.1 Å². The van der Waals surface area contributed by atoms with E-state index in [0.29, 0.717) is 4.99 Å². The second kappa shape index (κ2) is 6.41. The van der Waals surface area contributed by atoms with Crippen LogP contribution in [0.15, 0.2) is 39.9 Å². The summed E-state index contributed by atoms with van der Waals surface area (Å²) >= 11 is 8.54. The molecule has 0 amide bonds. The molecule has 2 aromatic rings. The molecular weight excluding hydrogens is 292 g/mol. The minimum absolute atomic E-state index is 0.233. The molecule has 0 aliphatic heterocycles. The van der Waals surface area contributed by atoms with E-state index in [4.69, 9.17) is 18.0 Å². The Kier molecular flexibility index (Phi) is 4.85. The Morgan fingerprint density at radius 1 is 1.42 bits per heavy atom. The number of nitrogens with two attached hydrogens (primary N) is 1. The number of rotatable bonds is 5. The summed E-state index contributed by atoms with van der Waals surface area (Å²) in [7, 11) is 0. The molecule has 1 atom stereocenters. The van der Waals surface area contributed by atoms with Crippen molar-refractivity contribution in [2.24, 2.45) is 5.73 Å². The first-order valence-corrected chi connectivity index (χ1v) is 8.46. The van der Waals surface area contributed by atoms with Gasteiger partial charge in [0.1, 0.15) is 4.99 Å². The summed E-state index contributed by atoms with van der Waals surface area (Å²) in [6.07, 6.45) is 2.03. The summed E-state index contributed by atoms with van der Waals surface area (Å²) in [5.74, 6) is 0. The van der Waals surface area contributed by atoms with Crippen molar-refractivity contribution in [2.45, 2.75) is 17.9 Å². The molecule has 5 heteroatoms. The third-order valence-corrected chi connectivity index (χ3v) is 4.59. The van der Waals surface area contributed by atoms with Crippen LogP contribution in [0.2, 0.25) is 0 Å². The summed E-state index contributed by atoms with van der Waals surface area (Å²) < 4.78 is 0. The summed E-state index contributed by atoms with van der Waals surface area (Å²) in [6, 6.07) is 8.45. The van der Waals surface area contributed by atoms with E-state index in [2.05, 4.69) is 29.1 Å². The molecule has 0 bridgehead atoms. The molecule has 2 rings (SSSR count). The molecule has 0 saturated heterocycles. The number of hydrogen-bond acceptors (Lipinski definition) is 4. The van der Waals surface area contributed by atoms with E-state index >= 15 is 0 Å². The van der Waals surface area contributed by atoms with Gasteiger partial charge in [-0.2, -0.15) is 11.3 Å². The molecule has 1 heterocycles. The molecule has 0 spiro atoms. The van der Waals surface area contributed by atoms with Gasteiger partial charge in [-0.05, 0) is 47.7 Å². The van der Waals surface area contributed by atoms with E-state index in [-0.39, 0.29) is 6.04 Å². The van der Waals surface area contributed by atoms with E-state index in [9.17, 15) is 0 Å². The van der Waals surface area contributed by atoms with Crippen LogP contribution in [-0.4, -0.2) is 11.2 Å². The van der Waals surface area contributed by atoms with Crippen molar-refractivity contribution in [3.05, 3.63) is 46.2 Å². The number of hydrogen-bond donors (Lipinski definition) is 2. The predicted molar refractivity (Wildman–Crippen MR) is 90.5 cm³/mol. The highest BCUT2D eigenvalue weighted by Crippen LogP contribution is 2.30. The number of nitrogens with one attached hydrogen (secondary N) is 1. The van der Waals surface area contributed by atoms with Gasteiger partial charge in [0.05, 0.1) is 0 Å². The smallest absolute Gasteiger partial charge is 0.107 e. The van der Waals surface area contributed by atoms with Gasteiger partial charge in [-0.15, -0.1) is 11.8 Å². The fraction of sp³-hybridized carbons (Fsp3) is 0.214. The van der Waals surface area contributed by atoms with Gasteiger partial charge in [0.15, 0.2) is 0 Å². The van der Waals surface area contributed by atoms with Crippen LogP contribution in [0.5, 0.6) is 0 Å². The average molecular weight is 308 g/mol. The largest absolute Gasteiger partial charge is 0.389 e. The van der Waals surface area contributed by atoms with Crippen molar-refractivity contribution in [3.63, 3.8) is 0 Å². The number of thiocarbonyl (C=S) groups is 1. The highest BCUT2D eigenvalue weighted by Gasteiger charge is 2.13. The lowest BCUT2D eigenvalue weighted by Crippen LogP contribution is -2.16. The first-order valence-electron chi connectivity index (χ1n) is 5.89. The highest BCUT2D eigenvalue weighted by molar-refractivity contribution is 7.98. The minimum Gasteiger partial charge on any atom is -0.389 e. The van der Waals surface area contributed by atoms with Crippen molar-refractivity contribution in [3.8, 4) is 0 Å². The molecule has 19 heavy (non-hydrogen) atoms. The fourth-order valence-corrected chi connectivity index (χ4v) is 3.59. The summed E-state index contributed by atoms with van der Waals surface area (Å²) in [4.78, 5) is 1.54. The molecule has 1 aromatic heterocycles. The molecule has 0 saturated carbocycles. The topological polar surface area (TPSA) is 38.0 Å². The van der Waals surface area contributed by atoms with E-state index in [1.165, 1.54) is 5.56 Å². The first kappa shape index (κ1) is 14.4. The zero-order valence-electron chi connectivity index (χ0n) is 10.8. The standard InChI is InChI=1S/C14H16N2S3/c1-9(10-6-7-19-8-10)16-11-4-3-5-12(18-2)13(11)14(15)17/h3-9,16H,1-2H3,(H2,15,17). The Bertz CT molecular complexity index is 564. The Balaban J connectivity index is 2.32. The zero-order chi connectivity index (χ0) is 13.8. The van der Waals surface area contributed by atoms with Crippen LogP contribution < -0.4 is 11.1 Å². The van der Waals surface area contributed by atoms with Crippen molar-refractivity contribution in [2.75, 3.05) is 11.6 Å². The van der Waals surface area contributed by atoms with E-state index in [1.54, 1.807) is 23.1 Å². The maximum atomic E-state index is 5.87. The second-order valence-electron chi connectivity index (χ2n) is 4.17. The molecule has 3 N–H and O–H groups in total. The molecule has 100 valence electrons. The first-order chi connectivity index (χ1) is 9.13. The van der Waals surface area contributed by atoms with E-state index in [1.807, 2.05) is 24.5 Å². The molecular formula is C14H16N2S3. The Morgan fingerprint density at radius 3 is 2.79 bits per heavy atom. The maximum Gasteiger partial charge on any atom is 0.107 e. The van der Waals surface area contributed by atoms with Gasteiger partial charge in [0.2, 0.25) is 0 Å². The maximum absolute atomic E-state index is 5.87. The van der Waals surface area contributed by atoms with Crippen LogP contribution in [0.3, 0.4) is 0 Å². The van der Waals surface area contributed by atoms with Crippen LogP contribution in [0, 0.1) is 0 Å². The lowest BCUT2D eigenvalue weighted by Gasteiger charge is -2.18. The average Bonchev–Trinajstić information content (AvgIpc) is 2.92. The van der Waals surface area contributed by atoms with Crippen molar-refractivity contribution < 1.29 is 0 Å². The lowest BCUT2D eigenvalue weighted by molar-refractivity contribution is 0.889. The SMILES string of the molecule is CSc1cccc(NC(C)c2ccsc2)c1C(N)=S. The monoisotopic (exact) mass is 308 g/mol. The second-order valence-corrected chi connectivity index (χ2v) is 6.24. The van der Waals surface area contributed by atoms with Gasteiger partial charge in [-0.1, -0.05) is 18.3 Å². The van der Waals surface area contributed by atoms with Crippen LogP contribution >= 0.6 is 35.3 Å². The molecule has 0 fully saturated rings. The zero-order valence-corrected chi connectivity index (χ0v) is 13.3. The fourth-order valence-electron chi connectivity index (χ4n) is 1.91. The lowest BCUT2D eigenvalue weighted by atomic mass is 10.1. The quantitative estimate of drug-likeness (QED) is 0.639. The number of benzene rings is 1. The molecule has 1 aromatic carbocycles. The van der Waals surface area contributed by atoms with Crippen molar-refractivity contribution >= 4 is 46.0 Å². The van der Waals surface area contributed by atoms with Crippen LogP contribution in [0.25, 0.3) is 0 Å². The highest BCUT2D eigenvalue weighted by atomic mass is 32.2. The Hall–Kier alpha value is -1.04. The molecule has 0 aliphatic carbocycles. The number of thioether (sulfide) groups is 1. The van der Waals surface area contributed by atoms with Gasteiger partial charge >= 0.3 is 0 Å². The van der Waals surface area contributed by atoms with Gasteiger partial charge in [-0.25, -0.2) is 0 Å². The van der Waals surface area contributed by atoms with Crippen LogP contribution in [-0.2, 0) is 0 Å².